The lowest BCUT2D eigenvalue weighted by Crippen LogP contribution is -2.52. The van der Waals surface area contributed by atoms with E-state index in [9.17, 15) is 23.1 Å². The van der Waals surface area contributed by atoms with Gasteiger partial charge in [0.05, 0.1) is 11.7 Å². The average Bonchev–Trinajstić information content (AvgIpc) is 2.85. The van der Waals surface area contributed by atoms with E-state index in [1.165, 1.54) is 17.9 Å². The molecule has 0 bridgehead atoms. The molecule has 3 N–H and O–H groups in total. The summed E-state index contributed by atoms with van der Waals surface area (Å²) in [5.74, 6) is -0.584. The van der Waals surface area contributed by atoms with E-state index >= 15 is 0 Å². The number of carbonyl (C=O) groups excluding carboxylic acids is 1. The van der Waals surface area contributed by atoms with Crippen LogP contribution in [0, 0.1) is 12.8 Å². The van der Waals surface area contributed by atoms with Gasteiger partial charge in [0.1, 0.15) is 0 Å². The number of aliphatic hydroxyl groups is 1. The van der Waals surface area contributed by atoms with E-state index in [4.69, 9.17) is 5.73 Å². The van der Waals surface area contributed by atoms with Crippen LogP contribution in [0.25, 0.3) is 0 Å². The summed E-state index contributed by atoms with van der Waals surface area (Å²) in [6.07, 6.45) is -3.97. The monoisotopic (exact) mass is 328 g/mol. The van der Waals surface area contributed by atoms with Crippen LogP contribution < -0.4 is 10.6 Å². The SMILES string of the molecule is Cc1cc2c(cc1C(F)(F)F)N(C(=O)C[C@H]1[C@H](O)C[C@@H]1N)CC2. The molecule has 126 valence electrons. The van der Waals surface area contributed by atoms with Gasteiger partial charge in [-0.3, -0.25) is 4.79 Å². The predicted molar refractivity (Wildman–Crippen MR) is 78.9 cm³/mol. The van der Waals surface area contributed by atoms with E-state index in [1.807, 2.05) is 0 Å². The van der Waals surface area contributed by atoms with Crippen molar-refractivity contribution >= 4 is 11.6 Å². The van der Waals surface area contributed by atoms with Crippen molar-refractivity contribution in [2.45, 2.75) is 44.5 Å². The van der Waals surface area contributed by atoms with Crippen LogP contribution in [0.3, 0.4) is 0 Å². The smallest absolute Gasteiger partial charge is 0.393 e. The molecule has 1 aliphatic heterocycles. The van der Waals surface area contributed by atoms with Crippen molar-refractivity contribution in [1.82, 2.24) is 0 Å². The zero-order chi connectivity index (χ0) is 16.9. The van der Waals surface area contributed by atoms with Crippen molar-refractivity contribution < 1.29 is 23.1 Å². The molecular formula is C16H19F3N2O2. The van der Waals surface area contributed by atoms with Crippen molar-refractivity contribution in [3.8, 4) is 0 Å². The van der Waals surface area contributed by atoms with Crippen LogP contribution in [0.15, 0.2) is 12.1 Å². The fraction of sp³-hybridized carbons (Fsp3) is 0.562. The van der Waals surface area contributed by atoms with Gasteiger partial charge in [0.15, 0.2) is 0 Å². The second kappa shape index (κ2) is 5.49. The van der Waals surface area contributed by atoms with Crippen molar-refractivity contribution in [2.75, 3.05) is 11.4 Å². The maximum atomic E-state index is 13.1. The first-order chi connectivity index (χ1) is 10.7. The number of alkyl halides is 3. The minimum absolute atomic E-state index is 0.0665. The second-order valence-electron chi connectivity index (χ2n) is 6.42. The summed E-state index contributed by atoms with van der Waals surface area (Å²) in [6.45, 7) is 1.80. The van der Waals surface area contributed by atoms with Gasteiger partial charge in [0.2, 0.25) is 5.91 Å². The Morgan fingerprint density at radius 2 is 2.13 bits per heavy atom. The summed E-state index contributed by atoms with van der Waals surface area (Å²) < 4.78 is 39.2. The number of halogens is 3. The topological polar surface area (TPSA) is 66.6 Å². The van der Waals surface area contributed by atoms with Crippen molar-refractivity contribution in [3.63, 3.8) is 0 Å². The molecule has 1 amide bonds. The molecule has 0 unspecified atom stereocenters. The van der Waals surface area contributed by atoms with Crippen LogP contribution in [0.1, 0.15) is 29.5 Å². The normalized spacial score (nSPS) is 26.9. The third-order valence-corrected chi connectivity index (χ3v) is 4.90. The van der Waals surface area contributed by atoms with Crippen molar-refractivity contribution in [2.24, 2.45) is 11.7 Å². The molecule has 1 fully saturated rings. The highest BCUT2D eigenvalue weighted by molar-refractivity contribution is 5.96. The highest BCUT2D eigenvalue weighted by Gasteiger charge is 2.41. The van der Waals surface area contributed by atoms with Gasteiger partial charge in [-0.1, -0.05) is 6.07 Å². The summed E-state index contributed by atoms with van der Waals surface area (Å²) in [5.41, 5.74) is 6.31. The number of anilines is 1. The summed E-state index contributed by atoms with van der Waals surface area (Å²) in [5, 5.41) is 9.65. The van der Waals surface area contributed by atoms with Gasteiger partial charge in [-0.2, -0.15) is 13.2 Å². The number of amides is 1. The number of hydrogen-bond acceptors (Lipinski definition) is 3. The molecule has 2 aliphatic rings. The van der Waals surface area contributed by atoms with Crippen LogP contribution in [0.4, 0.5) is 18.9 Å². The molecule has 7 heteroatoms. The van der Waals surface area contributed by atoms with Gasteiger partial charge in [-0.25, -0.2) is 0 Å². The van der Waals surface area contributed by atoms with E-state index in [-0.39, 0.29) is 29.9 Å². The average molecular weight is 328 g/mol. The van der Waals surface area contributed by atoms with E-state index < -0.39 is 17.8 Å². The lowest BCUT2D eigenvalue weighted by molar-refractivity contribution is -0.138. The zero-order valence-electron chi connectivity index (χ0n) is 12.7. The van der Waals surface area contributed by atoms with Gasteiger partial charge >= 0.3 is 6.18 Å². The first-order valence-electron chi connectivity index (χ1n) is 7.63. The Morgan fingerprint density at radius 3 is 2.70 bits per heavy atom. The largest absolute Gasteiger partial charge is 0.416 e. The molecule has 23 heavy (non-hydrogen) atoms. The molecular weight excluding hydrogens is 309 g/mol. The molecule has 1 aromatic rings. The highest BCUT2D eigenvalue weighted by atomic mass is 19.4. The molecule has 0 aromatic heterocycles. The lowest BCUT2D eigenvalue weighted by atomic mass is 9.75. The van der Waals surface area contributed by atoms with E-state index in [0.29, 0.717) is 25.1 Å². The molecule has 1 aromatic carbocycles. The third-order valence-electron chi connectivity index (χ3n) is 4.90. The molecule has 0 spiro atoms. The minimum Gasteiger partial charge on any atom is -0.393 e. The van der Waals surface area contributed by atoms with Crippen molar-refractivity contribution in [3.05, 3.63) is 28.8 Å². The summed E-state index contributed by atoms with van der Waals surface area (Å²) >= 11 is 0. The number of fused-ring (bicyclic) bond motifs is 1. The number of nitrogens with zero attached hydrogens (tertiary/aromatic N) is 1. The van der Waals surface area contributed by atoms with Crippen LogP contribution in [0.2, 0.25) is 0 Å². The van der Waals surface area contributed by atoms with Gasteiger partial charge in [0, 0.05) is 30.6 Å². The number of aryl methyl sites for hydroxylation is 1. The highest BCUT2D eigenvalue weighted by Crippen LogP contribution is 2.39. The number of benzene rings is 1. The molecule has 0 radical (unpaired) electrons. The number of rotatable bonds is 2. The van der Waals surface area contributed by atoms with Gasteiger partial charge < -0.3 is 15.7 Å². The Balaban J connectivity index is 1.84. The lowest BCUT2D eigenvalue weighted by Gasteiger charge is -2.39. The van der Waals surface area contributed by atoms with Gasteiger partial charge in [-0.15, -0.1) is 0 Å². The Morgan fingerprint density at radius 1 is 1.43 bits per heavy atom. The fourth-order valence-corrected chi connectivity index (χ4v) is 3.44. The standard InChI is InChI=1S/C16H19F3N2O2/c1-8-4-9-2-3-21(13(9)6-11(8)16(17,18)19)15(23)5-10-12(20)7-14(10)22/h4,6,10,12,14,22H,2-3,5,7,20H2,1H3/t10-,12+,14-/m1/s1. The van der Waals surface area contributed by atoms with Gasteiger partial charge in [-0.05, 0) is 37.0 Å². The summed E-state index contributed by atoms with van der Waals surface area (Å²) in [4.78, 5) is 13.8. The Bertz CT molecular complexity index is 637. The molecule has 3 atom stereocenters. The zero-order valence-corrected chi connectivity index (χ0v) is 12.7. The second-order valence-corrected chi connectivity index (χ2v) is 6.42. The molecule has 1 aliphatic carbocycles. The fourth-order valence-electron chi connectivity index (χ4n) is 3.44. The Hall–Kier alpha value is -1.60. The Labute approximate surface area is 132 Å². The minimum atomic E-state index is -4.44. The van der Waals surface area contributed by atoms with Crippen molar-refractivity contribution in [1.29, 1.82) is 0 Å². The maximum absolute atomic E-state index is 13.1. The van der Waals surface area contributed by atoms with Crippen LogP contribution in [-0.4, -0.2) is 29.7 Å². The predicted octanol–water partition coefficient (Wildman–Crippen LogP) is 2.00. The quantitative estimate of drug-likeness (QED) is 0.873. The van der Waals surface area contributed by atoms with E-state index in [1.54, 1.807) is 0 Å². The molecule has 0 saturated heterocycles. The van der Waals surface area contributed by atoms with Crippen LogP contribution in [-0.2, 0) is 17.4 Å². The summed E-state index contributed by atoms with van der Waals surface area (Å²) in [7, 11) is 0. The molecule has 4 nitrogen and oxygen atoms in total. The molecule has 1 saturated carbocycles. The van der Waals surface area contributed by atoms with E-state index in [0.717, 1.165) is 11.6 Å². The number of carbonyl (C=O) groups is 1. The van der Waals surface area contributed by atoms with Crippen LogP contribution >= 0.6 is 0 Å². The number of nitrogens with two attached hydrogens (primary N) is 1. The third kappa shape index (κ3) is 2.83. The first kappa shape index (κ1) is 16.3. The molecule has 1 heterocycles. The van der Waals surface area contributed by atoms with Crippen LogP contribution in [0.5, 0.6) is 0 Å². The first-order valence-corrected chi connectivity index (χ1v) is 7.63. The number of hydrogen-bond donors (Lipinski definition) is 2. The Kier molecular flexibility index (Phi) is 3.88. The van der Waals surface area contributed by atoms with E-state index in [2.05, 4.69) is 0 Å². The maximum Gasteiger partial charge on any atom is 0.416 e. The number of aliphatic hydroxyl groups excluding tert-OH is 1. The summed E-state index contributed by atoms with van der Waals surface area (Å²) in [6, 6.07) is 2.35. The molecule has 3 rings (SSSR count). The van der Waals surface area contributed by atoms with Gasteiger partial charge in [0.25, 0.3) is 0 Å².